The summed E-state index contributed by atoms with van der Waals surface area (Å²) in [6.07, 6.45) is 0. The number of aryl methyl sites for hydroxylation is 1. The van der Waals surface area contributed by atoms with Gasteiger partial charge < -0.3 is 16.4 Å². The van der Waals surface area contributed by atoms with Gasteiger partial charge in [0, 0.05) is 28.4 Å². The summed E-state index contributed by atoms with van der Waals surface area (Å²) in [5, 5.41) is 0. The van der Waals surface area contributed by atoms with Gasteiger partial charge in [-0.2, -0.15) is 0 Å². The van der Waals surface area contributed by atoms with Crippen molar-refractivity contribution in [2.24, 2.45) is 0 Å². The monoisotopic (exact) mass is 441 g/mol. The molecule has 0 saturated heterocycles. The van der Waals surface area contributed by atoms with Crippen molar-refractivity contribution in [2.45, 2.75) is 6.92 Å². The number of anilines is 5. The van der Waals surface area contributed by atoms with Crippen LogP contribution in [0.15, 0.2) is 121 Å². The highest BCUT2D eigenvalue weighted by molar-refractivity contribution is 5.80. The molecule has 0 radical (unpaired) electrons. The minimum absolute atomic E-state index is 0.772. The zero-order valence-corrected chi connectivity index (χ0v) is 19.1. The number of benzene rings is 5. The lowest BCUT2D eigenvalue weighted by Crippen LogP contribution is -2.09. The van der Waals surface area contributed by atoms with E-state index in [1.165, 1.54) is 5.56 Å². The van der Waals surface area contributed by atoms with Crippen LogP contribution in [0.25, 0.3) is 22.3 Å². The first-order valence-electron chi connectivity index (χ1n) is 11.4. The summed E-state index contributed by atoms with van der Waals surface area (Å²) in [4.78, 5) is 2.28. The van der Waals surface area contributed by atoms with Crippen molar-refractivity contribution in [1.82, 2.24) is 0 Å². The predicted molar refractivity (Wildman–Crippen MR) is 146 cm³/mol. The number of nitrogen functional groups attached to an aromatic ring is 2. The van der Waals surface area contributed by atoms with Crippen LogP contribution < -0.4 is 16.4 Å². The van der Waals surface area contributed by atoms with Gasteiger partial charge in [0.15, 0.2) is 0 Å². The average Bonchev–Trinajstić information content (AvgIpc) is 2.87. The van der Waals surface area contributed by atoms with Gasteiger partial charge in [-0.3, -0.25) is 0 Å². The minimum atomic E-state index is 0.772. The first-order valence-corrected chi connectivity index (χ1v) is 11.4. The molecule has 0 bridgehead atoms. The van der Waals surface area contributed by atoms with E-state index < -0.39 is 0 Å². The standard InChI is InChI=1S/C31H27N3/c1-22-2-16-29(17-3-22)34(30-18-8-25(9-19-30)23-4-12-27(32)13-5-23)31-20-10-26(11-21-31)24-6-14-28(33)15-7-24/h2-21H,32-33H2,1H3. The molecule has 0 aliphatic heterocycles. The molecule has 0 aliphatic rings. The fourth-order valence-corrected chi connectivity index (χ4v) is 4.10. The zero-order valence-electron chi connectivity index (χ0n) is 19.1. The molecular formula is C31H27N3. The van der Waals surface area contributed by atoms with E-state index in [1.54, 1.807) is 0 Å². The van der Waals surface area contributed by atoms with Gasteiger partial charge >= 0.3 is 0 Å². The second-order valence-electron chi connectivity index (χ2n) is 8.51. The van der Waals surface area contributed by atoms with E-state index in [0.717, 1.165) is 50.7 Å². The van der Waals surface area contributed by atoms with Crippen LogP contribution in [0.5, 0.6) is 0 Å². The highest BCUT2D eigenvalue weighted by atomic mass is 15.1. The topological polar surface area (TPSA) is 55.3 Å². The highest BCUT2D eigenvalue weighted by Crippen LogP contribution is 2.36. The fraction of sp³-hybridized carbons (Fsp3) is 0.0323. The van der Waals surface area contributed by atoms with Gasteiger partial charge in [-0.05, 0) is 89.8 Å². The Morgan fingerprint density at radius 2 is 0.647 bits per heavy atom. The largest absolute Gasteiger partial charge is 0.399 e. The molecule has 0 atom stereocenters. The number of nitrogens with zero attached hydrogens (tertiary/aromatic N) is 1. The molecular weight excluding hydrogens is 414 g/mol. The van der Waals surface area contributed by atoms with Gasteiger partial charge in [0.05, 0.1) is 0 Å². The van der Waals surface area contributed by atoms with E-state index in [-0.39, 0.29) is 0 Å². The van der Waals surface area contributed by atoms with Gasteiger partial charge in [-0.25, -0.2) is 0 Å². The SMILES string of the molecule is Cc1ccc(N(c2ccc(-c3ccc(N)cc3)cc2)c2ccc(-c3ccc(N)cc3)cc2)cc1. The lowest BCUT2D eigenvalue weighted by atomic mass is 10.0. The van der Waals surface area contributed by atoms with Crippen LogP contribution in [0.2, 0.25) is 0 Å². The minimum Gasteiger partial charge on any atom is -0.399 e. The third-order valence-electron chi connectivity index (χ3n) is 6.03. The van der Waals surface area contributed by atoms with Gasteiger partial charge in [0.2, 0.25) is 0 Å². The predicted octanol–water partition coefficient (Wildman–Crippen LogP) is 7.96. The summed E-state index contributed by atoms with van der Waals surface area (Å²) < 4.78 is 0. The molecule has 5 aromatic rings. The molecule has 5 rings (SSSR count). The molecule has 0 spiro atoms. The van der Waals surface area contributed by atoms with E-state index in [2.05, 4.69) is 109 Å². The number of nitrogens with two attached hydrogens (primary N) is 2. The van der Waals surface area contributed by atoms with Crippen molar-refractivity contribution < 1.29 is 0 Å². The van der Waals surface area contributed by atoms with E-state index in [1.807, 2.05) is 24.3 Å². The molecule has 5 aromatic carbocycles. The Bertz CT molecular complexity index is 1280. The van der Waals surface area contributed by atoms with Crippen LogP contribution in [0.1, 0.15) is 5.56 Å². The van der Waals surface area contributed by atoms with Gasteiger partial charge in [0.1, 0.15) is 0 Å². The van der Waals surface area contributed by atoms with Crippen molar-refractivity contribution in [3.8, 4) is 22.3 Å². The fourth-order valence-electron chi connectivity index (χ4n) is 4.10. The van der Waals surface area contributed by atoms with Crippen molar-refractivity contribution in [3.63, 3.8) is 0 Å². The average molecular weight is 442 g/mol. The van der Waals surface area contributed by atoms with Gasteiger partial charge in [-0.1, -0.05) is 66.2 Å². The maximum atomic E-state index is 5.85. The Hall–Kier alpha value is -4.50. The maximum Gasteiger partial charge on any atom is 0.0462 e. The van der Waals surface area contributed by atoms with Crippen molar-refractivity contribution in [2.75, 3.05) is 16.4 Å². The maximum absolute atomic E-state index is 5.85. The second kappa shape index (κ2) is 9.16. The number of hydrogen-bond donors (Lipinski definition) is 2. The third kappa shape index (κ3) is 4.50. The van der Waals surface area contributed by atoms with Crippen LogP contribution in [-0.2, 0) is 0 Å². The Kier molecular flexibility index (Phi) is 5.75. The quantitative estimate of drug-likeness (QED) is 0.272. The number of rotatable bonds is 5. The zero-order chi connectivity index (χ0) is 23.5. The molecule has 3 nitrogen and oxygen atoms in total. The molecule has 0 heterocycles. The molecule has 3 heteroatoms. The molecule has 0 saturated carbocycles. The summed E-state index contributed by atoms with van der Waals surface area (Å²) in [6, 6.07) is 41.9. The van der Waals surface area contributed by atoms with Crippen molar-refractivity contribution in [1.29, 1.82) is 0 Å². The lowest BCUT2D eigenvalue weighted by Gasteiger charge is -2.26. The van der Waals surface area contributed by atoms with E-state index >= 15 is 0 Å². The molecule has 0 aliphatic carbocycles. The van der Waals surface area contributed by atoms with E-state index in [9.17, 15) is 0 Å². The summed E-state index contributed by atoms with van der Waals surface area (Å²) in [7, 11) is 0. The molecule has 0 aromatic heterocycles. The third-order valence-corrected chi connectivity index (χ3v) is 6.03. The molecule has 166 valence electrons. The van der Waals surface area contributed by atoms with Crippen LogP contribution in [0.4, 0.5) is 28.4 Å². The van der Waals surface area contributed by atoms with Crippen molar-refractivity contribution in [3.05, 3.63) is 127 Å². The van der Waals surface area contributed by atoms with E-state index in [0.29, 0.717) is 0 Å². The summed E-state index contributed by atoms with van der Waals surface area (Å²) >= 11 is 0. The number of hydrogen-bond acceptors (Lipinski definition) is 3. The van der Waals surface area contributed by atoms with Gasteiger partial charge in [0.25, 0.3) is 0 Å². The Morgan fingerprint density at radius 3 is 0.971 bits per heavy atom. The molecule has 0 fully saturated rings. The molecule has 34 heavy (non-hydrogen) atoms. The van der Waals surface area contributed by atoms with Crippen LogP contribution in [0, 0.1) is 6.92 Å². The summed E-state index contributed by atoms with van der Waals surface area (Å²) in [6.45, 7) is 2.11. The first kappa shape index (κ1) is 21.4. The van der Waals surface area contributed by atoms with Gasteiger partial charge in [-0.15, -0.1) is 0 Å². The molecule has 4 N–H and O–H groups in total. The van der Waals surface area contributed by atoms with Crippen LogP contribution >= 0.6 is 0 Å². The molecule has 0 amide bonds. The second-order valence-corrected chi connectivity index (χ2v) is 8.51. The summed E-state index contributed by atoms with van der Waals surface area (Å²) in [5.74, 6) is 0. The summed E-state index contributed by atoms with van der Waals surface area (Å²) in [5.41, 5.74) is 22.4. The van der Waals surface area contributed by atoms with Crippen LogP contribution in [0.3, 0.4) is 0 Å². The normalized spacial score (nSPS) is 10.7. The smallest absolute Gasteiger partial charge is 0.0462 e. The van der Waals surface area contributed by atoms with E-state index in [4.69, 9.17) is 11.5 Å². The molecule has 0 unspecified atom stereocenters. The Morgan fingerprint density at radius 1 is 0.382 bits per heavy atom. The lowest BCUT2D eigenvalue weighted by molar-refractivity contribution is 1.27. The van der Waals surface area contributed by atoms with Crippen molar-refractivity contribution >= 4 is 28.4 Å². The Balaban J connectivity index is 1.51. The first-order chi connectivity index (χ1) is 16.6. The Labute approximate surface area is 200 Å². The van der Waals surface area contributed by atoms with Crippen LogP contribution in [-0.4, -0.2) is 0 Å². The highest BCUT2D eigenvalue weighted by Gasteiger charge is 2.13.